The van der Waals surface area contributed by atoms with E-state index in [2.05, 4.69) is 29.0 Å². The van der Waals surface area contributed by atoms with Gasteiger partial charge in [0.25, 0.3) is 0 Å². The van der Waals surface area contributed by atoms with Crippen molar-refractivity contribution in [3.63, 3.8) is 0 Å². The standard InChI is InChI=1S/C6H11NO.C6H13NS.C6H11N.C6H10O.C2H6O.ClH.H3NO.H2S/c8-7-6-4-2-1-3-5-6;7-5-3-1-2-4-6(5)8;1-2-4-6-5(3-1)7-6;7-6-4-2-1-3-5-6;1-2-3;;1-2;/h8H,1-5H2;5-6,8H,1-4,7H2;5-7H,1-4H2;1-5H2;3H,2H2,1H3;1H;2H,1H2;1H2. The fraction of sp³-hybridized carbons (Fsp3) is 0.923. The Kier molecular flexibility index (Phi) is 32.4. The Morgan fingerprint density at radius 3 is 1.51 bits per heavy atom. The fourth-order valence-electron chi connectivity index (χ4n) is 4.66. The van der Waals surface area contributed by atoms with Crippen LogP contribution in [0.5, 0.6) is 0 Å². The molecule has 4 atom stereocenters. The predicted octanol–water partition coefficient (Wildman–Crippen LogP) is 5.25. The van der Waals surface area contributed by atoms with Gasteiger partial charge in [0.05, 0.1) is 5.71 Å². The highest BCUT2D eigenvalue weighted by Gasteiger charge is 2.37. The predicted molar refractivity (Wildman–Crippen MR) is 165 cm³/mol. The molecule has 224 valence electrons. The summed E-state index contributed by atoms with van der Waals surface area (Å²) < 4.78 is 0. The second kappa shape index (κ2) is 28.9. The quantitative estimate of drug-likeness (QED) is 0.0878. The second-order valence-corrected chi connectivity index (χ2v) is 10.5. The van der Waals surface area contributed by atoms with Crippen molar-refractivity contribution in [2.24, 2.45) is 16.8 Å². The largest absolute Gasteiger partial charge is 0.411 e. The fourth-order valence-corrected chi connectivity index (χ4v) is 4.99. The zero-order valence-corrected chi connectivity index (χ0v) is 25.7. The van der Waals surface area contributed by atoms with Crippen molar-refractivity contribution in [2.75, 3.05) is 6.61 Å². The number of hydrogen-bond donors (Lipinski definition) is 7. The smallest absolute Gasteiger partial charge is 0.132 e. The first kappa shape index (κ1) is 41.4. The molecular formula is C26H57ClN4O4S2. The highest BCUT2D eigenvalue weighted by Crippen LogP contribution is 2.28. The molecule has 5 fully saturated rings. The van der Waals surface area contributed by atoms with E-state index in [1.54, 1.807) is 6.92 Å². The van der Waals surface area contributed by atoms with Crippen LogP contribution in [0.1, 0.15) is 122 Å². The van der Waals surface area contributed by atoms with Crippen LogP contribution in [-0.4, -0.2) is 57.0 Å². The van der Waals surface area contributed by atoms with E-state index < -0.39 is 0 Å². The van der Waals surface area contributed by atoms with Gasteiger partial charge in [-0.05, 0) is 71.1 Å². The first-order valence-corrected chi connectivity index (χ1v) is 14.3. The molecule has 0 aromatic rings. The molecule has 5 aliphatic rings. The van der Waals surface area contributed by atoms with E-state index in [4.69, 9.17) is 21.3 Å². The molecule has 0 aromatic carbocycles. The zero-order valence-electron chi connectivity index (χ0n) is 23.0. The normalized spacial score (nSPS) is 27.1. The van der Waals surface area contributed by atoms with Crippen molar-refractivity contribution in [3.05, 3.63) is 0 Å². The average Bonchev–Trinajstić information content (AvgIpc) is 3.70. The highest BCUT2D eigenvalue weighted by molar-refractivity contribution is 7.81. The summed E-state index contributed by atoms with van der Waals surface area (Å²) in [6, 6.07) is 2.27. The summed E-state index contributed by atoms with van der Waals surface area (Å²) in [6.07, 6.45) is 21.8. The molecule has 0 aromatic heterocycles. The number of oxime groups is 1. The Morgan fingerprint density at radius 1 is 0.838 bits per heavy atom. The Labute approximate surface area is 244 Å². The third-order valence-corrected chi connectivity index (χ3v) is 7.49. The Hall–Kier alpha value is -0.0700. The van der Waals surface area contributed by atoms with Crippen LogP contribution >= 0.6 is 38.5 Å². The molecule has 0 radical (unpaired) electrons. The van der Waals surface area contributed by atoms with Crippen LogP contribution in [0.2, 0.25) is 0 Å². The Balaban J connectivity index is -0.000000387. The number of halogens is 1. The van der Waals surface area contributed by atoms with Crippen molar-refractivity contribution >= 4 is 50.0 Å². The number of carbonyl (C=O) groups excluding carboxylic acids is 1. The van der Waals surface area contributed by atoms with E-state index in [0.717, 1.165) is 56.3 Å². The van der Waals surface area contributed by atoms with E-state index >= 15 is 0 Å². The number of hydrogen-bond acceptors (Lipinski definition) is 9. The number of Topliss-reactive ketones (excluding diaryl/α,β-unsaturated/α-hetero) is 1. The summed E-state index contributed by atoms with van der Waals surface area (Å²) in [6.45, 7) is 1.93. The van der Waals surface area contributed by atoms with Crippen molar-refractivity contribution in [3.8, 4) is 0 Å². The highest BCUT2D eigenvalue weighted by atomic mass is 35.5. The number of nitrogens with zero attached hydrogens (tertiary/aromatic N) is 1. The number of ketones is 1. The van der Waals surface area contributed by atoms with Crippen LogP contribution in [0.15, 0.2) is 5.16 Å². The molecule has 1 saturated heterocycles. The lowest BCUT2D eigenvalue weighted by atomic mass is 9.96. The number of nitrogens with one attached hydrogen (secondary N) is 1. The van der Waals surface area contributed by atoms with Gasteiger partial charge in [0.2, 0.25) is 0 Å². The minimum Gasteiger partial charge on any atom is -0.411 e. The van der Waals surface area contributed by atoms with Gasteiger partial charge in [0, 0.05) is 42.8 Å². The molecule has 8 N–H and O–H groups in total. The number of thiol groups is 1. The minimum absolute atomic E-state index is 0. The average molecular weight is 589 g/mol. The lowest BCUT2D eigenvalue weighted by molar-refractivity contribution is -0.120. The number of aliphatic hydroxyl groups is 1. The molecule has 8 nitrogen and oxygen atoms in total. The van der Waals surface area contributed by atoms with Crippen LogP contribution in [0, 0.1) is 0 Å². The maximum Gasteiger partial charge on any atom is 0.132 e. The number of rotatable bonds is 0. The van der Waals surface area contributed by atoms with Crippen molar-refractivity contribution in [2.45, 2.75) is 146 Å². The van der Waals surface area contributed by atoms with Crippen LogP contribution < -0.4 is 16.9 Å². The van der Waals surface area contributed by atoms with Gasteiger partial charge in [0.15, 0.2) is 0 Å². The van der Waals surface area contributed by atoms with Crippen LogP contribution in [0.3, 0.4) is 0 Å². The first-order valence-electron chi connectivity index (χ1n) is 13.8. The van der Waals surface area contributed by atoms with Crippen LogP contribution in [0.4, 0.5) is 0 Å². The summed E-state index contributed by atoms with van der Waals surface area (Å²) in [5.41, 5.74) is 6.68. The van der Waals surface area contributed by atoms with Crippen molar-refractivity contribution in [1.29, 1.82) is 0 Å². The van der Waals surface area contributed by atoms with Gasteiger partial charge in [-0.2, -0.15) is 26.1 Å². The summed E-state index contributed by atoms with van der Waals surface area (Å²) in [7, 11) is 0. The van der Waals surface area contributed by atoms with E-state index in [0.29, 0.717) is 17.1 Å². The van der Waals surface area contributed by atoms with Gasteiger partial charge in [-0.3, -0.25) is 4.79 Å². The molecule has 4 saturated carbocycles. The summed E-state index contributed by atoms with van der Waals surface area (Å²) in [5, 5.41) is 29.4. The minimum atomic E-state index is 0. The number of fused-ring (bicyclic) bond motifs is 1. The van der Waals surface area contributed by atoms with E-state index in [1.165, 1.54) is 77.0 Å². The topological polar surface area (TPSA) is 164 Å². The van der Waals surface area contributed by atoms with Gasteiger partial charge < -0.3 is 26.6 Å². The maximum atomic E-state index is 10.5. The Bertz CT molecular complexity index is 515. The molecule has 0 bridgehead atoms. The molecule has 0 spiro atoms. The number of carbonyl (C=O) groups is 1. The van der Waals surface area contributed by atoms with Crippen molar-refractivity contribution in [1.82, 2.24) is 5.32 Å². The Morgan fingerprint density at radius 2 is 1.24 bits per heavy atom. The molecule has 4 aliphatic carbocycles. The van der Waals surface area contributed by atoms with E-state index in [-0.39, 0.29) is 32.5 Å². The third kappa shape index (κ3) is 23.5. The molecular weight excluding hydrogens is 532 g/mol. The first-order chi connectivity index (χ1) is 17.0. The molecule has 1 aliphatic heterocycles. The molecule has 1 heterocycles. The number of aliphatic hydroxyl groups excluding tert-OH is 1. The molecule has 11 heteroatoms. The summed E-state index contributed by atoms with van der Waals surface area (Å²) >= 11 is 4.33. The van der Waals surface area contributed by atoms with Crippen LogP contribution in [-0.2, 0) is 4.79 Å². The molecule has 37 heavy (non-hydrogen) atoms. The van der Waals surface area contributed by atoms with Gasteiger partial charge in [0.1, 0.15) is 5.78 Å². The van der Waals surface area contributed by atoms with E-state index in [1.807, 2.05) is 0 Å². The summed E-state index contributed by atoms with van der Waals surface area (Å²) in [4.78, 5) is 10.5. The number of nitrogens with two attached hydrogens (primary N) is 2. The van der Waals surface area contributed by atoms with Gasteiger partial charge >= 0.3 is 0 Å². The zero-order chi connectivity index (χ0) is 26.3. The van der Waals surface area contributed by atoms with E-state index in [9.17, 15) is 4.79 Å². The second-order valence-electron chi connectivity index (χ2n) is 9.82. The lowest BCUT2D eigenvalue weighted by Crippen LogP contribution is -2.33. The maximum absolute atomic E-state index is 10.5. The van der Waals surface area contributed by atoms with Gasteiger partial charge in [-0.1, -0.05) is 43.7 Å². The SMILES string of the molecule is C1CCC2NC2C1.CCO.Cl.NC1CCCCC1S.NO.O=C1CCCCC1.ON=C1CCCCC1.S. The summed E-state index contributed by atoms with van der Waals surface area (Å²) in [5.74, 6) is 3.96. The molecule has 0 amide bonds. The van der Waals surface area contributed by atoms with Gasteiger partial charge in [-0.15, -0.1) is 12.4 Å². The molecule has 5 rings (SSSR count). The third-order valence-electron chi connectivity index (χ3n) is 6.85. The lowest BCUT2D eigenvalue weighted by Gasteiger charge is -2.23. The van der Waals surface area contributed by atoms with Gasteiger partial charge in [-0.25, -0.2) is 5.90 Å². The van der Waals surface area contributed by atoms with Crippen molar-refractivity contribution < 1.29 is 20.3 Å². The molecule has 4 unspecified atom stereocenters. The monoisotopic (exact) mass is 588 g/mol. The van der Waals surface area contributed by atoms with Crippen LogP contribution in [0.25, 0.3) is 0 Å².